The van der Waals surface area contributed by atoms with Gasteiger partial charge in [0.25, 0.3) is 0 Å². The van der Waals surface area contributed by atoms with Gasteiger partial charge in [-0.3, -0.25) is 4.90 Å². The van der Waals surface area contributed by atoms with E-state index in [1.54, 1.807) is 12.1 Å². The smallest absolute Gasteiger partial charge is 0.337 e. The fourth-order valence-electron chi connectivity index (χ4n) is 2.92. The molecule has 4 nitrogen and oxygen atoms in total. The van der Waals surface area contributed by atoms with E-state index in [0.29, 0.717) is 17.6 Å². The second-order valence-electron chi connectivity index (χ2n) is 4.94. The normalized spacial score (nSPS) is 27.7. The van der Waals surface area contributed by atoms with Crippen molar-refractivity contribution in [2.75, 3.05) is 25.0 Å². The van der Waals surface area contributed by atoms with E-state index >= 15 is 0 Å². The lowest BCUT2D eigenvalue weighted by Crippen LogP contribution is -2.67. The molecule has 2 bridgehead atoms. The van der Waals surface area contributed by atoms with E-state index in [2.05, 4.69) is 16.8 Å². The largest absolute Gasteiger partial charge is 0.478 e. The van der Waals surface area contributed by atoms with Gasteiger partial charge in [-0.25, -0.2) is 4.79 Å². The Hall–Kier alpha value is -1.55. The maximum atomic E-state index is 11.2. The summed E-state index contributed by atoms with van der Waals surface area (Å²) in [5.41, 5.74) is 1.28. The lowest BCUT2D eigenvalue weighted by atomic mass is 9.88. The molecule has 3 fully saturated rings. The van der Waals surface area contributed by atoms with Gasteiger partial charge in [-0.2, -0.15) is 0 Å². The molecule has 3 aliphatic heterocycles. The molecule has 3 aliphatic rings. The molecule has 90 valence electrons. The van der Waals surface area contributed by atoms with Gasteiger partial charge >= 0.3 is 5.97 Å². The van der Waals surface area contributed by atoms with Gasteiger partial charge in [0, 0.05) is 25.2 Å². The molecule has 0 aromatic heterocycles. The highest BCUT2D eigenvalue weighted by Crippen LogP contribution is 2.34. The zero-order chi connectivity index (χ0) is 12.0. The third-order valence-electron chi connectivity index (χ3n) is 4.03. The summed E-state index contributed by atoms with van der Waals surface area (Å²) in [5, 5.41) is 9.19. The van der Waals surface area contributed by atoms with Gasteiger partial charge in [0.15, 0.2) is 0 Å². The second kappa shape index (κ2) is 3.74. The fourth-order valence-corrected chi connectivity index (χ4v) is 2.92. The van der Waals surface area contributed by atoms with Crippen molar-refractivity contribution in [2.24, 2.45) is 0 Å². The highest BCUT2D eigenvalue weighted by Gasteiger charge is 2.42. The zero-order valence-corrected chi connectivity index (χ0v) is 9.84. The highest BCUT2D eigenvalue weighted by molar-refractivity contribution is 5.94. The van der Waals surface area contributed by atoms with Crippen LogP contribution >= 0.6 is 0 Å². The summed E-state index contributed by atoms with van der Waals surface area (Å²) in [7, 11) is 2.15. The lowest BCUT2D eigenvalue weighted by molar-refractivity contribution is 0.0262. The Kier molecular flexibility index (Phi) is 2.33. The molecule has 0 amide bonds. The number of fused-ring (bicyclic) bond motifs is 2. The summed E-state index contributed by atoms with van der Waals surface area (Å²) in [6.07, 6.45) is 1.25. The maximum absolute atomic E-state index is 11.2. The van der Waals surface area contributed by atoms with Crippen LogP contribution in [0.3, 0.4) is 0 Å². The van der Waals surface area contributed by atoms with E-state index in [1.165, 1.54) is 6.42 Å². The van der Waals surface area contributed by atoms with Crippen LogP contribution in [0, 0.1) is 0 Å². The number of carboxylic acid groups (broad SMARTS) is 1. The van der Waals surface area contributed by atoms with Crippen LogP contribution in [0.2, 0.25) is 0 Å². The Balaban J connectivity index is 1.88. The first kappa shape index (κ1) is 10.6. The number of aromatic carboxylic acids is 1. The van der Waals surface area contributed by atoms with Gasteiger partial charge in [0.2, 0.25) is 0 Å². The van der Waals surface area contributed by atoms with Gasteiger partial charge in [-0.05, 0) is 25.6 Å². The standard InChI is InChI=1S/C13H16N2O2/c1-14-9-6-10(14)8-15(7-9)12-5-3-2-4-11(12)13(16)17/h2-5,9-10H,6-8H2,1H3,(H,16,17). The van der Waals surface area contributed by atoms with E-state index in [1.807, 2.05) is 12.1 Å². The van der Waals surface area contributed by atoms with Crippen LogP contribution in [0.4, 0.5) is 5.69 Å². The Morgan fingerprint density at radius 1 is 1.29 bits per heavy atom. The fraction of sp³-hybridized carbons (Fsp3) is 0.462. The Morgan fingerprint density at radius 2 is 1.94 bits per heavy atom. The summed E-state index contributed by atoms with van der Waals surface area (Å²) in [6, 6.07) is 8.47. The molecule has 2 atom stereocenters. The molecule has 4 heteroatoms. The molecule has 3 heterocycles. The molecule has 0 radical (unpaired) electrons. The molecule has 1 N–H and O–H groups in total. The molecule has 1 aromatic carbocycles. The summed E-state index contributed by atoms with van der Waals surface area (Å²) < 4.78 is 0. The zero-order valence-electron chi connectivity index (χ0n) is 9.84. The summed E-state index contributed by atoms with van der Waals surface area (Å²) >= 11 is 0. The number of para-hydroxylation sites is 1. The number of anilines is 1. The van der Waals surface area contributed by atoms with Crippen LogP contribution < -0.4 is 4.90 Å². The second-order valence-corrected chi connectivity index (χ2v) is 4.94. The quantitative estimate of drug-likeness (QED) is 0.834. The monoisotopic (exact) mass is 232 g/mol. The van der Waals surface area contributed by atoms with Crippen molar-refractivity contribution in [3.63, 3.8) is 0 Å². The van der Waals surface area contributed by atoms with Gasteiger partial charge in [-0.1, -0.05) is 12.1 Å². The van der Waals surface area contributed by atoms with Crippen molar-refractivity contribution < 1.29 is 9.90 Å². The Bertz CT molecular complexity index is 448. The average Bonchev–Trinajstić information content (AvgIpc) is 2.38. The molecule has 0 aliphatic carbocycles. The van der Waals surface area contributed by atoms with Crippen molar-refractivity contribution in [1.29, 1.82) is 0 Å². The van der Waals surface area contributed by atoms with E-state index in [4.69, 9.17) is 0 Å². The number of carboxylic acids is 1. The minimum absolute atomic E-state index is 0.413. The number of piperidine rings is 1. The van der Waals surface area contributed by atoms with Crippen LogP contribution in [0.1, 0.15) is 16.8 Å². The molecule has 0 saturated carbocycles. The minimum atomic E-state index is -0.840. The number of carbonyl (C=O) groups is 1. The number of piperazine rings is 1. The van der Waals surface area contributed by atoms with E-state index in [9.17, 15) is 9.90 Å². The highest BCUT2D eigenvalue weighted by atomic mass is 16.4. The first-order chi connectivity index (χ1) is 8.16. The SMILES string of the molecule is CN1C2CC1CN(c1ccccc1C(=O)O)C2. The number of likely N-dealkylation sites (N-methyl/N-ethyl adjacent to an activating group) is 1. The van der Waals surface area contributed by atoms with E-state index < -0.39 is 5.97 Å². The molecular weight excluding hydrogens is 216 g/mol. The van der Waals surface area contributed by atoms with Crippen molar-refractivity contribution in [1.82, 2.24) is 4.90 Å². The van der Waals surface area contributed by atoms with Crippen molar-refractivity contribution in [3.05, 3.63) is 29.8 Å². The van der Waals surface area contributed by atoms with Crippen LogP contribution in [0.15, 0.2) is 24.3 Å². The van der Waals surface area contributed by atoms with Crippen molar-refractivity contribution in [3.8, 4) is 0 Å². The van der Waals surface area contributed by atoms with Crippen molar-refractivity contribution >= 4 is 11.7 Å². The van der Waals surface area contributed by atoms with Gasteiger partial charge in [-0.15, -0.1) is 0 Å². The van der Waals surface area contributed by atoms with Gasteiger partial charge in [0.1, 0.15) is 0 Å². The third-order valence-corrected chi connectivity index (χ3v) is 4.03. The number of benzene rings is 1. The molecule has 2 unspecified atom stereocenters. The predicted molar refractivity (Wildman–Crippen MR) is 65.6 cm³/mol. The van der Waals surface area contributed by atoms with Gasteiger partial charge in [0.05, 0.1) is 11.3 Å². The van der Waals surface area contributed by atoms with Gasteiger partial charge < -0.3 is 10.0 Å². The molecule has 0 spiro atoms. The number of nitrogens with zero attached hydrogens (tertiary/aromatic N) is 2. The maximum Gasteiger partial charge on any atom is 0.337 e. The van der Waals surface area contributed by atoms with Crippen LogP contribution in [-0.2, 0) is 0 Å². The van der Waals surface area contributed by atoms with E-state index in [0.717, 1.165) is 18.8 Å². The summed E-state index contributed by atoms with van der Waals surface area (Å²) in [4.78, 5) is 15.8. The van der Waals surface area contributed by atoms with Crippen LogP contribution in [0.5, 0.6) is 0 Å². The first-order valence-electron chi connectivity index (χ1n) is 5.96. The summed E-state index contributed by atoms with van der Waals surface area (Å²) in [6.45, 7) is 1.88. The average molecular weight is 232 g/mol. The third kappa shape index (κ3) is 1.60. The predicted octanol–water partition coefficient (Wildman–Crippen LogP) is 1.28. The number of hydrogen-bond donors (Lipinski definition) is 1. The molecule has 4 rings (SSSR count). The summed E-state index contributed by atoms with van der Waals surface area (Å²) in [5.74, 6) is -0.840. The Labute approximate surface area is 100 Å². The van der Waals surface area contributed by atoms with Crippen LogP contribution in [-0.4, -0.2) is 48.2 Å². The molecule has 3 saturated heterocycles. The van der Waals surface area contributed by atoms with Crippen LogP contribution in [0.25, 0.3) is 0 Å². The lowest BCUT2D eigenvalue weighted by Gasteiger charge is -2.55. The Morgan fingerprint density at radius 3 is 2.53 bits per heavy atom. The number of rotatable bonds is 2. The first-order valence-corrected chi connectivity index (χ1v) is 5.96. The topological polar surface area (TPSA) is 43.8 Å². The molecular formula is C13H16N2O2. The molecule has 1 aromatic rings. The molecule has 17 heavy (non-hydrogen) atoms. The van der Waals surface area contributed by atoms with Crippen molar-refractivity contribution in [2.45, 2.75) is 18.5 Å². The van der Waals surface area contributed by atoms with E-state index in [-0.39, 0.29) is 0 Å². The number of hydrogen-bond acceptors (Lipinski definition) is 3. The minimum Gasteiger partial charge on any atom is -0.478 e.